The Morgan fingerprint density at radius 2 is 1.93 bits per heavy atom. The van der Waals surface area contributed by atoms with Crippen LogP contribution in [0.2, 0.25) is 0 Å². The molecule has 3 aromatic rings. The van der Waals surface area contributed by atoms with Crippen LogP contribution in [0.1, 0.15) is 18.5 Å². The predicted octanol–water partition coefficient (Wildman–Crippen LogP) is 1.89. The first-order valence-electron chi connectivity index (χ1n) is 10.5. The molecule has 2 aliphatic heterocycles. The van der Waals surface area contributed by atoms with Crippen LogP contribution in [0.15, 0.2) is 35.2 Å². The van der Waals surface area contributed by atoms with Crippen molar-refractivity contribution in [2.45, 2.75) is 19.8 Å². The predicted molar refractivity (Wildman–Crippen MR) is 112 cm³/mol. The van der Waals surface area contributed by atoms with Gasteiger partial charge in [0.05, 0.1) is 11.6 Å². The lowest BCUT2D eigenvalue weighted by atomic mass is 9.96. The van der Waals surface area contributed by atoms with E-state index >= 15 is 0 Å². The second kappa shape index (κ2) is 7.89. The molecule has 0 saturated carbocycles. The van der Waals surface area contributed by atoms with Crippen molar-refractivity contribution in [3.63, 3.8) is 0 Å². The van der Waals surface area contributed by atoms with Crippen molar-refractivity contribution in [1.82, 2.24) is 25.0 Å². The first-order chi connectivity index (χ1) is 14.7. The molecule has 0 bridgehead atoms. The molecule has 1 unspecified atom stereocenters. The number of piperazine rings is 1. The molecular formula is C21H25N7O2. The Balaban J connectivity index is 1.26. The molecule has 3 aromatic heterocycles. The fourth-order valence-corrected chi connectivity index (χ4v) is 4.47. The van der Waals surface area contributed by atoms with Crippen LogP contribution < -0.4 is 9.80 Å². The highest BCUT2D eigenvalue weighted by molar-refractivity contribution is 5.88. The van der Waals surface area contributed by atoms with E-state index in [0.29, 0.717) is 12.3 Å². The molecule has 2 fully saturated rings. The van der Waals surface area contributed by atoms with Gasteiger partial charge in [-0.15, -0.1) is 0 Å². The first-order valence-corrected chi connectivity index (χ1v) is 10.5. The average molecular weight is 407 g/mol. The molecule has 0 aliphatic carbocycles. The van der Waals surface area contributed by atoms with Gasteiger partial charge in [-0.25, -0.2) is 9.97 Å². The number of piperidine rings is 1. The van der Waals surface area contributed by atoms with Crippen LogP contribution in [0.5, 0.6) is 0 Å². The third-order valence-electron chi connectivity index (χ3n) is 6.06. The normalized spacial score (nSPS) is 20.0. The number of anilines is 2. The zero-order valence-corrected chi connectivity index (χ0v) is 17.1. The summed E-state index contributed by atoms with van der Waals surface area (Å²) in [7, 11) is 0. The van der Waals surface area contributed by atoms with Gasteiger partial charge in [0.2, 0.25) is 5.91 Å². The molecule has 0 N–H and O–H groups in total. The Kier molecular flexibility index (Phi) is 4.94. The van der Waals surface area contributed by atoms with Crippen LogP contribution >= 0.6 is 0 Å². The van der Waals surface area contributed by atoms with Gasteiger partial charge >= 0.3 is 0 Å². The molecule has 9 heteroatoms. The number of aryl methyl sites for hydroxylation is 1. The molecule has 5 heterocycles. The summed E-state index contributed by atoms with van der Waals surface area (Å²) in [4.78, 5) is 32.8. The standard InChI is InChI=1S/C21H25N7O2/c1-15-18-19(23-14-24-20(18)30-25-15)28-8-4-5-16(13-28)21(29)27-11-9-26(10-12-27)17-6-2-3-7-22-17/h2-3,6-7,14,16H,4-5,8-13H2,1H3. The lowest BCUT2D eigenvalue weighted by molar-refractivity contribution is -0.136. The van der Waals surface area contributed by atoms with Gasteiger partial charge in [-0.3, -0.25) is 4.79 Å². The van der Waals surface area contributed by atoms with Crippen LogP contribution in [-0.4, -0.2) is 70.2 Å². The Labute approximate surface area is 174 Å². The van der Waals surface area contributed by atoms with E-state index in [9.17, 15) is 4.79 Å². The number of fused-ring (bicyclic) bond motifs is 1. The van der Waals surface area contributed by atoms with E-state index in [1.54, 1.807) is 0 Å². The van der Waals surface area contributed by atoms with Crippen LogP contribution in [0.3, 0.4) is 0 Å². The summed E-state index contributed by atoms with van der Waals surface area (Å²) >= 11 is 0. The molecule has 2 saturated heterocycles. The molecule has 2 aliphatic rings. The molecule has 0 radical (unpaired) electrons. The number of rotatable bonds is 3. The summed E-state index contributed by atoms with van der Waals surface area (Å²) in [5.74, 6) is 2.01. The number of amides is 1. The van der Waals surface area contributed by atoms with Crippen molar-refractivity contribution in [2.75, 3.05) is 49.1 Å². The monoisotopic (exact) mass is 407 g/mol. The zero-order chi connectivity index (χ0) is 20.5. The highest BCUT2D eigenvalue weighted by Crippen LogP contribution is 2.30. The largest absolute Gasteiger partial charge is 0.355 e. The van der Waals surface area contributed by atoms with Crippen LogP contribution in [0, 0.1) is 12.8 Å². The molecule has 30 heavy (non-hydrogen) atoms. The number of nitrogens with zero attached hydrogens (tertiary/aromatic N) is 7. The quantitative estimate of drug-likeness (QED) is 0.650. The maximum absolute atomic E-state index is 13.3. The molecule has 0 spiro atoms. The smallest absolute Gasteiger partial charge is 0.263 e. The Morgan fingerprint density at radius 3 is 2.73 bits per heavy atom. The lowest BCUT2D eigenvalue weighted by Crippen LogP contribution is -2.52. The third-order valence-corrected chi connectivity index (χ3v) is 6.06. The fraction of sp³-hybridized carbons (Fsp3) is 0.476. The van der Waals surface area contributed by atoms with E-state index in [1.807, 2.05) is 36.2 Å². The SMILES string of the molecule is Cc1noc2ncnc(N3CCCC(C(=O)N4CCN(c5ccccn5)CC4)C3)c12. The highest BCUT2D eigenvalue weighted by atomic mass is 16.5. The van der Waals surface area contributed by atoms with Gasteiger partial charge in [0.15, 0.2) is 0 Å². The number of carbonyl (C=O) groups is 1. The van der Waals surface area contributed by atoms with Gasteiger partial charge in [-0.1, -0.05) is 11.2 Å². The Morgan fingerprint density at radius 1 is 1.07 bits per heavy atom. The molecule has 5 rings (SSSR count). The minimum Gasteiger partial charge on any atom is -0.355 e. The molecule has 9 nitrogen and oxygen atoms in total. The van der Waals surface area contributed by atoms with Gasteiger partial charge in [0.25, 0.3) is 5.71 Å². The van der Waals surface area contributed by atoms with E-state index in [0.717, 1.165) is 68.3 Å². The van der Waals surface area contributed by atoms with Crippen LogP contribution in [0.4, 0.5) is 11.6 Å². The second-order valence-corrected chi connectivity index (χ2v) is 7.93. The molecule has 1 amide bonds. The summed E-state index contributed by atoms with van der Waals surface area (Å²) in [6, 6.07) is 5.94. The Hall–Kier alpha value is -3.23. The molecule has 1 atom stereocenters. The number of carbonyl (C=O) groups excluding carboxylic acids is 1. The maximum Gasteiger partial charge on any atom is 0.263 e. The lowest BCUT2D eigenvalue weighted by Gasteiger charge is -2.39. The van der Waals surface area contributed by atoms with Crippen molar-refractivity contribution in [1.29, 1.82) is 0 Å². The third kappa shape index (κ3) is 3.44. The van der Waals surface area contributed by atoms with Gasteiger partial charge in [-0.05, 0) is 31.9 Å². The summed E-state index contributed by atoms with van der Waals surface area (Å²) in [6.45, 7) is 6.51. The van der Waals surface area contributed by atoms with E-state index in [2.05, 4.69) is 29.9 Å². The molecule has 156 valence electrons. The van der Waals surface area contributed by atoms with Crippen molar-refractivity contribution in [3.8, 4) is 0 Å². The summed E-state index contributed by atoms with van der Waals surface area (Å²) < 4.78 is 5.28. The van der Waals surface area contributed by atoms with Gasteiger partial charge < -0.3 is 19.2 Å². The number of hydrogen-bond donors (Lipinski definition) is 0. The van der Waals surface area contributed by atoms with Crippen molar-refractivity contribution in [2.24, 2.45) is 5.92 Å². The Bertz CT molecular complexity index is 1030. The van der Waals surface area contributed by atoms with E-state index in [-0.39, 0.29) is 11.8 Å². The average Bonchev–Trinajstić information content (AvgIpc) is 3.20. The van der Waals surface area contributed by atoms with E-state index in [1.165, 1.54) is 6.33 Å². The molecular weight excluding hydrogens is 382 g/mol. The number of hydrogen-bond acceptors (Lipinski definition) is 8. The van der Waals surface area contributed by atoms with Crippen molar-refractivity contribution < 1.29 is 9.32 Å². The highest BCUT2D eigenvalue weighted by Gasteiger charge is 2.32. The minimum absolute atomic E-state index is 0.0228. The fourth-order valence-electron chi connectivity index (χ4n) is 4.47. The summed E-state index contributed by atoms with van der Waals surface area (Å²) in [5, 5.41) is 4.86. The second-order valence-electron chi connectivity index (χ2n) is 7.93. The zero-order valence-electron chi connectivity index (χ0n) is 17.1. The van der Waals surface area contributed by atoms with E-state index < -0.39 is 0 Å². The van der Waals surface area contributed by atoms with Crippen molar-refractivity contribution in [3.05, 3.63) is 36.4 Å². The molecule has 0 aromatic carbocycles. The van der Waals surface area contributed by atoms with Crippen LogP contribution in [0.25, 0.3) is 11.1 Å². The summed E-state index contributed by atoms with van der Waals surface area (Å²) in [6.07, 6.45) is 5.18. The van der Waals surface area contributed by atoms with Crippen LogP contribution in [-0.2, 0) is 4.79 Å². The first kappa shape index (κ1) is 18.8. The minimum atomic E-state index is -0.0228. The van der Waals surface area contributed by atoms with Gasteiger partial charge in [0, 0.05) is 45.5 Å². The van der Waals surface area contributed by atoms with Gasteiger partial charge in [-0.2, -0.15) is 4.98 Å². The van der Waals surface area contributed by atoms with E-state index in [4.69, 9.17) is 4.52 Å². The van der Waals surface area contributed by atoms with Crippen molar-refractivity contribution >= 4 is 28.6 Å². The topological polar surface area (TPSA) is 91.5 Å². The maximum atomic E-state index is 13.3. The van der Waals surface area contributed by atoms with Gasteiger partial charge in [0.1, 0.15) is 23.3 Å². The number of aromatic nitrogens is 4. The summed E-state index contributed by atoms with van der Waals surface area (Å²) in [5.41, 5.74) is 1.27. The number of pyridine rings is 1.